The van der Waals surface area contributed by atoms with Crippen molar-refractivity contribution in [3.8, 4) is 11.5 Å². The van der Waals surface area contributed by atoms with Crippen molar-refractivity contribution in [3.63, 3.8) is 0 Å². The highest BCUT2D eigenvalue weighted by atomic mass is 35.5. The van der Waals surface area contributed by atoms with Gasteiger partial charge in [0, 0.05) is 24.2 Å². The Balaban J connectivity index is 2.28. The Hall–Kier alpha value is -2.29. The Morgan fingerprint density at radius 2 is 2.04 bits per heavy atom. The minimum atomic E-state index is -0.336. The van der Waals surface area contributed by atoms with Crippen LogP contribution in [0.25, 0.3) is 0 Å². The standard InChI is InChI=1S/C16H18Cl2N4O4/c1-8-10(4-5-23)15(24)21-16(20-8)22-19-7-9-6-11(17)14(26-3)12(18)13(9)25-2/h6-7,23H,4-5H2,1-3H3,(H2,20,21,22,24)/b19-7-. The van der Waals surface area contributed by atoms with Gasteiger partial charge in [0.1, 0.15) is 10.8 Å². The molecular weight excluding hydrogens is 383 g/mol. The zero-order valence-electron chi connectivity index (χ0n) is 14.4. The summed E-state index contributed by atoms with van der Waals surface area (Å²) in [5.74, 6) is 0.806. The SMILES string of the molecule is COc1c(Cl)cc(/C=N\Nc2nc(C)c(CCO)c(=O)[nH]2)c(OC)c1Cl. The summed E-state index contributed by atoms with van der Waals surface area (Å²) in [4.78, 5) is 18.7. The molecule has 1 aromatic carbocycles. The molecule has 0 unspecified atom stereocenters. The zero-order valence-corrected chi connectivity index (χ0v) is 15.9. The summed E-state index contributed by atoms with van der Waals surface area (Å²) in [6.45, 7) is 1.55. The van der Waals surface area contributed by atoms with Crippen molar-refractivity contribution in [2.45, 2.75) is 13.3 Å². The van der Waals surface area contributed by atoms with E-state index in [1.807, 2.05) is 0 Å². The number of aliphatic hydroxyl groups is 1. The van der Waals surface area contributed by atoms with Gasteiger partial charge in [0.15, 0.2) is 5.75 Å². The van der Waals surface area contributed by atoms with Gasteiger partial charge < -0.3 is 14.6 Å². The van der Waals surface area contributed by atoms with Crippen LogP contribution in [-0.4, -0.2) is 42.1 Å². The quantitative estimate of drug-likeness (QED) is 0.486. The number of hydrogen-bond donors (Lipinski definition) is 3. The molecule has 0 amide bonds. The van der Waals surface area contributed by atoms with Gasteiger partial charge in [-0.3, -0.25) is 9.78 Å². The number of nitrogens with one attached hydrogen (secondary N) is 2. The first kappa shape index (κ1) is 20.0. The Morgan fingerprint density at radius 3 is 2.62 bits per heavy atom. The molecule has 0 saturated heterocycles. The molecule has 2 rings (SSSR count). The van der Waals surface area contributed by atoms with E-state index in [4.69, 9.17) is 37.8 Å². The highest BCUT2D eigenvalue weighted by Crippen LogP contribution is 2.41. The number of aliphatic hydroxyl groups excluding tert-OH is 1. The number of aromatic amines is 1. The summed E-state index contributed by atoms with van der Waals surface area (Å²) >= 11 is 12.3. The van der Waals surface area contributed by atoms with Crippen LogP contribution in [0.5, 0.6) is 11.5 Å². The van der Waals surface area contributed by atoms with Gasteiger partial charge in [0.2, 0.25) is 5.95 Å². The number of benzene rings is 1. The van der Waals surface area contributed by atoms with Crippen molar-refractivity contribution in [2.24, 2.45) is 5.10 Å². The highest BCUT2D eigenvalue weighted by molar-refractivity contribution is 6.38. The molecule has 0 aliphatic carbocycles. The number of nitrogens with zero attached hydrogens (tertiary/aromatic N) is 2. The molecule has 0 spiro atoms. The number of halogens is 2. The topological polar surface area (TPSA) is 109 Å². The molecule has 0 aliphatic heterocycles. The average molecular weight is 401 g/mol. The van der Waals surface area contributed by atoms with E-state index in [2.05, 4.69) is 20.5 Å². The number of hydrazone groups is 1. The smallest absolute Gasteiger partial charge is 0.255 e. The second-order valence-electron chi connectivity index (χ2n) is 5.15. The van der Waals surface area contributed by atoms with Crippen molar-refractivity contribution in [2.75, 3.05) is 26.3 Å². The minimum Gasteiger partial charge on any atom is -0.494 e. The summed E-state index contributed by atoms with van der Waals surface area (Å²) in [6.07, 6.45) is 1.66. The van der Waals surface area contributed by atoms with Crippen molar-refractivity contribution >= 4 is 35.4 Å². The first-order chi connectivity index (χ1) is 12.4. The predicted octanol–water partition coefficient (Wildman–Crippen LogP) is 2.38. The summed E-state index contributed by atoms with van der Waals surface area (Å²) in [7, 11) is 2.91. The molecule has 0 radical (unpaired) electrons. The molecule has 1 aromatic heterocycles. The van der Waals surface area contributed by atoms with Crippen LogP contribution in [0.4, 0.5) is 5.95 Å². The van der Waals surface area contributed by atoms with Crippen molar-refractivity contribution in [3.05, 3.63) is 43.3 Å². The number of methoxy groups -OCH3 is 2. The lowest BCUT2D eigenvalue weighted by Gasteiger charge is -2.12. The van der Waals surface area contributed by atoms with Crippen molar-refractivity contribution in [1.29, 1.82) is 0 Å². The molecule has 0 atom stereocenters. The van der Waals surface area contributed by atoms with Gasteiger partial charge in [-0.2, -0.15) is 5.10 Å². The van der Waals surface area contributed by atoms with Gasteiger partial charge in [-0.25, -0.2) is 10.4 Å². The molecule has 1 heterocycles. The highest BCUT2D eigenvalue weighted by Gasteiger charge is 2.16. The van der Waals surface area contributed by atoms with Crippen LogP contribution < -0.4 is 20.5 Å². The van der Waals surface area contributed by atoms with Gasteiger partial charge in [-0.05, 0) is 13.0 Å². The second-order valence-corrected chi connectivity index (χ2v) is 5.94. The lowest BCUT2D eigenvalue weighted by molar-refractivity contribution is 0.298. The van der Waals surface area contributed by atoms with E-state index in [9.17, 15) is 4.79 Å². The van der Waals surface area contributed by atoms with Gasteiger partial charge in [0.25, 0.3) is 5.56 Å². The second kappa shape index (κ2) is 8.88. The van der Waals surface area contributed by atoms with Crippen LogP contribution in [0.3, 0.4) is 0 Å². The van der Waals surface area contributed by atoms with E-state index in [-0.39, 0.29) is 29.6 Å². The van der Waals surface area contributed by atoms with Gasteiger partial charge in [-0.15, -0.1) is 0 Å². The van der Waals surface area contributed by atoms with Crippen molar-refractivity contribution in [1.82, 2.24) is 9.97 Å². The minimum absolute atomic E-state index is 0.130. The Labute approximate surface area is 159 Å². The number of anilines is 1. The van der Waals surface area contributed by atoms with Gasteiger partial charge in [0.05, 0.1) is 31.2 Å². The van der Waals surface area contributed by atoms with Crippen LogP contribution >= 0.6 is 23.2 Å². The Bertz CT molecular complexity index is 884. The molecule has 0 bridgehead atoms. The van der Waals surface area contributed by atoms with E-state index in [1.165, 1.54) is 20.4 Å². The fourth-order valence-corrected chi connectivity index (χ4v) is 3.03. The maximum absolute atomic E-state index is 12.0. The summed E-state index contributed by atoms with van der Waals surface area (Å²) in [6, 6.07) is 1.59. The summed E-state index contributed by atoms with van der Waals surface area (Å²) in [5.41, 5.74) is 3.74. The molecule has 140 valence electrons. The lowest BCUT2D eigenvalue weighted by Crippen LogP contribution is -2.19. The molecule has 0 saturated carbocycles. The molecule has 2 aromatic rings. The largest absolute Gasteiger partial charge is 0.494 e. The van der Waals surface area contributed by atoms with Gasteiger partial charge in [-0.1, -0.05) is 23.2 Å². The van der Waals surface area contributed by atoms with Crippen molar-refractivity contribution < 1.29 is 14.6 Å². The third-order valence-corrected chi connectivity index (χ3v) is 4.15. The fourth-order valence-electron chi connectivity index (χ4n) is 2.33. The number of ether oxygens (including phenoxy) is 2. The van der Waals surface area contributed by atoms with E-state index in [0.29, 0.717) is 33.3 Å². The number of aromatic nitrogens is 2. The fraction of sp³-hybridized carbons (Fsp3) is 0.312. The Morgan fingerprint density at radius 1 is 1.35 bits per heavy atom. The van der Waals surface area contributed by atoms with Crippen LogP contribution in [0.15, 0.2) is 16.0 Å². The number of aryl methyl sites for hydroxylation is 1. The molecule has 10 heteroatoms. The lowest BCUT2D eigenvalue weighted by atomic mass is 10.2. The normalized spacial score (nSPS) is 11.0. The monoisotopic (exact) mass is 400 g/mol. The molecule has 8 nitrogen and oxygen atoms in total. The van der Waals surface area contributed by atoms with E-state index < -0.39 is 0 Å². The average Bonchev–Trinajstić information content (AvgIpc) is 2.58. The first-order valence-electron chi connectivity index (χ1n) is 7.52. The Kier molecular flexibility index (Phi) is 6.84. The van der Waals surface area contributed by atoms with E-state index in [0.717, 1.165) is 0 Å². The zero-order chi connectivity index (χ0) is 19.3. The first-order valence-corrected chi connectivity index (χ1v) is 8.28. The number of hydrogen-bond acceptors (Lipinski definition) is 7. The number of H-pyrrole nitrogens is 1. The predicted molar refractivity (Wildman–Crippen MR) is 101 cm³/mol. The summed E-state index contributed by atoms with van der Waals surface area (Å²) in [5, 5.41) is 13.5. The van der Waals surface area contributed by atoms with Crippen LogP contribution in [0, 0.1) is 6.92 Å². The van der Waals surface area contributed by atoms with E-state index in [1.54, 1.807) is 13.0 Å². The molecule has 0 aliphatic rings. The van der Waals surface area contributed by atoms with E-state index >= 15 is 0 Å². The maximum atomic E-state index is 12.0. The molecule has 26 heavy (non-hydrogen) atoms. The molecule has 0 fully saturated rings. The maximum Gasteiger partial charge on any atom is 0.255 e. The molecular formula is C16H18Cl2N4O4. The van der Waals surface area contributed by atoms with Gasteiger partial charge >= 0.3 is 0 Å². The molecule has 3 N–H and O–H groups in total. The summed E-state index contributed by atoms with van der Waals surface area (Å²) < 4.78 is 10.4. The third kappa shape index (κ3) is 4.27. The third-order valence-electron chi connectivity index (χ3n) is 3.53. The van der Waals surface area contributed by atoms with Crippen LogP contribution in [0.1, 0.15) is 16.8 Å². The van der Waals surface area contributed by atoms with Crippen LogP contribution in [0.2, 0.25) is 10.0 Å². The van der Waals surface area contributed by atoms with Crippen LogP contribution in [-0.2, 0) is 6.42 Å². The number of rotatable bonds is 7.